The average molecular weight is 393 g/mol. The summed E-state index contributed by atoms with van der Waals surface area (Å²) in [5.41, 5.74) is -0.245. The Morgan fingerprint density at radius 3 is 2.64 bits per heavy atom. The zero-order valence-corrected chi connectivity index (χ0v) is 15.6. The van der Waals surface area contributed by atoms with Crippen LogP contribution in [0, 0.1) is 0 Å². The fourth-order valence-electron chi connectivity index (χ4n) is 3.39. The molecule has 1 aliphatic heterocycles. The Labute approximate surface area is 161 Å². The summed E-state index contributed by atoms with van der Waals surface area (Å²) >= 11 is 0. The Morgan fingerprint density at radius 1 is 1.11 bits per heavy atom. The third-order valence-electron chi connectivity index (χ3n) is 4.78. The summed E-state index contributed by atoms with van der Waals surface area (Å²) in [5.74, 6) is -0.0208. The van der Waals surface area contributed by atoms with Gasteiger partial charge in [0.15, 0.2) is 0 Å². The number of alkyl halides is 3. The van der Waals surface area contributed by atoms with Crippen LogP contribution in [0.2, 0.25) is 0 Å². The predicted octanol–water partition coefficient (Wildman–Crippen LogP) is 3.46. The number of hydrogen-bond acceptors (Lipinski definition) is 4. The van der Waals surface area contributed by atoms with Crippen LogP contribution in [-0.2, 0) is 12.7 Å². The van der Waals surface area contributed by atoms with Crippen LogP contribution in [0.5, 0.6) is 5.88 Å². The van der Waals surface area contributed by atoms with E-state index >= 15 is 0 Å². The van der Waals surface area contributed by atoms with E-state index in [2.05, 4.69) is 9.88 Å². The van der Waals surface area contributed by atoms with Crippen molar-refractivity contribution in [1.29, 1.82) is 0 Å². The van der Waals surface area contributed by atoms with E-state index in [1.807, 2.05) is 12.1 Å². The SMILES string of the molecule is COc1ncccc1CN1CCCN(C(=O)c2ccccc2C(F)(F)F)CC1. The second kappa shape index (κ2) is 8.60. The minimum atomic E-state index is -4.55. The van der Waals surface area contributed by atoms with Crippen molar-refractivity contribution in [3.05, 3.63) is 59.3 Å². The van der Waals surface area contributed by atoms with Crippen molar-refractivity contribution < 1.29 is 22.7 Å². The Balaban J connectivity index is 1.70. The van der Waals surface area contributed by atoms with Gasteiger partial charge >= 0.3 is 6.18 Å². The molecule has 1 amide bonds. The van der Waals surface area contributed by atoms with E-state index in [9.17, 15) is 18.0 Å². The molecule has 28 heavy (non-hydrogen) atoms. The molecular formula is C20H22F3N3O2. The first-order valence-electron chi connectivity index (χ1n) is 9.06. The number of ether oxygens (including phenoxy) is 1. The highest BCUT2D eigenvalue weighted by atomic mass is 19.4. The lowest BCUT2D eigenvalue weighted by Crippen LogP contribution is -2.36. The molecule has 0 unspecified atom stereocenters. The van der Waals surface area contributed by atoms with Gasteiger partial charge in [-0.15, -0.1) is 0 Å². The van der Waals surface area contributed by atoms with Gasteiger partial charge in [0.2, 0.25) is 5.88 Å². The first-order valence-corrected chi connectivity index (χ1v) is 9.06. The Bertz CT molecular complexity index is 826. The molecule has 1 aromatic heterocycles. The van der Waals surface area contributed by atoms with E-state index in [4.69, 9.17) is 4.74 Å². The number of hydrogen-bond donors (Lipinski definition) is 0. The number of halogens is 3. The van der Waals surface area contributed by atoms with Gasteiger partial charge in [-0.1, -0.05) is 18.2 Å². The zero-order valence-electron chi connectivity index (χ0n) is 15.6. The van der Waals surface area contributed by atoms with Crippen molar-refractivity contribution in [1.82, 2.24) is 14.8 Å². The lowest BCUT2D eigenvalue weighted by Gasteiger charge is -2.23. The van der Waals surface area contributed by atoms with Gasteiger partial charge in [-0.3, -0.25) is 9.69 Å². The lowest BCUT2D eigenvalue weighted by molar-refractivity contribution is -0.138. The van der Waals surface area contributed by atoms with Crippen molar-refractivity contribution in [2.24, 2.45) is 0 Å². The summed E-state index contributed by atoms with van der Waals surface area (Å²) in [6.45, 7) is 2.71. The lowest BCUT2D eigenvalue weighted by atomic mass is 10.1. The minimum absolute atomic E-state index is 0.294. The molecule has 0 bridgehead atoms. The second-order valence-corrected chi connectivity index (χ2v) is 6.64. The van der Waals surface area contributed by atoms with Gasteiger partial charge in [0.25, 0.3) is 5.91 Å². The highest BCUT2D eigenvalue weighted by Gasteiger charge is 2.36. The van der Waals surface area contributed by atoms with Crippen molar-refractivity contribution in [2.45, 2.75) is 19.1 Å². The van der Waals surface area contributed by atoms with Crippen molar-refractivity contribution in [3.8, 4) is 5.88 Å². The van der Waals surface area contributed by atoms with E-state index in [-0.39, 0.29) is 5.56 Å². The molecule has 1 aromatic carbocycles. The fourth-order valence-corrected chi connectivity index (χ4v) is 3.39. The van der Waals surface area contributed by atoms with Gasteiger partial charge in [-0.25, -0.2) is 4.98 Å². The zero-order chi connectivity index (χ0) is 20.1. The highest BCUT2D eigenvalue weighted by Crippen LogP contribution is 2.32. The molecular weight excluding hydrogens is 371 g/mol. The number of carbonyl (C=O) groups excluding carboxylic acids is 1. The molecule has 8 heteroatoms. The predicted molar refractivity (Wildman–Crippen MR) is 98.0 cm³/mol. The third-order valence-corrected chi connectivity index (χ3v) is 4.78. The molecule has 1 saturated heterocycles. The number of methoxy groups -OCH3 is 1. The van der Waals surface area contributed by atoms with Gasteiger partial charge in [0, 0.05) is 44.5 Å². The quantitative estimate of drug-likeness (QED) is 0.798. The summed E-state index contributed by atoms with van der Waals surface area (Å²) in [7, 11) is 1.56. The molecule has 0 N–H and O–H groups in total. The topological polar surface area (TPSA) is 45.7 Å². The maximum absolute atomic E-state index is 13.2. The number of benzene rings is 1. The Kier molecular flexibility index (Phi) is 6.18. The molecule has 1 fully saturated rings. The third kappa shape index (κ3) is 4.62. The van der Waals surface area contributed by atoms with Crippen LogP contribution in [0.3, 0.4) is 0 Å². The molecule has 0 aliphatic carbocycles. The molecule has 0 radical (unpaired) electrons. The van der Waals surface area contributed by atoms with Crippen LogP contribution in [0.1, 0.15) is 27.9 Å². The molecule has 150 valence electrons. The first-order chi connectivity index (χ1) is 13.4. The molecule has 2 heterocycles. The summed E-state index contributed by atoms with van der Waals surface area (Å²) < 4.78 is 45.0. The number of nitrogens with zero attached hydrogens (tertiary/aromatic N) is 3. The summed E-state index contributed by atoms with van der Waals surface area (Å²) in [4.78, 5) is 20.6. The van der Waals surface area contributed by atoms with E-state index < -0.39 is 17.6 Å². The van der Waals surface area contributed by atoms with Gasteiger partial charge in [0.1, 0.15) is 0 Å². The van der Waals surface area contributed by atoms with E-state index in [0.717, 1.165) is 18.2 Å². The molecule has 1 aliphatic rings. The molecule has 5 nitrogen and oxygen atoms in total. The van der Waals surface area contributed by atoms with E-state index in [1.165, 1.54) is 23.1 Å². The maximum Gasteiger partial charge on any atom is 0.417 e. The molecule has 0 spiro atoms. The highest BCUT2D eigenvalue weighted by molar-refractivity contribution is 5.96. The second-order valence-electron chi connectivity index (χ2n) is 6.64. The fraction of sp³-hybridized carbons (Fsp3) is 0.400. The summed E-state index contributed by atoms with van der Waals surface area (Å²) in [6.07, 6.45) is -2.22. The monoisotopic (exact) mass is 393 g/mol. The van der Waals surface area contributed by atoms with Crippen LogP contribution in [0.25, 0.3) is 0 Å². The normalized spacial score (nSPS) is 15.9. The number of carbonyl (C=O) groups is 1. The maximum atomic E-state index is 13.2. The van der Waals surface area contributed by atoms with Gasteiger partial charge in [0.05, 0.1) is 18.2 Å². The van der Waals surface area contributed by atoms with Crippen LogP contribution in [0.4, 0.5) is 13.2 Å². The van der Waals surface area contributed by atoms with E-state index in [0.29, 0.717) is 38.5 Å². The Morgan fingerprint density at radius 2 is 1.89 bits per heavy atom. The number of pyridine rings is 1. The number of rotatable bonds is 4. The molecule has 2 aromatic rings. The van der Waals surface area contributed by atoms with Gasteiger partial charge < -0.3 is 9.64 Å². The van der Waals surface area contributed by atoms with Crippen LogP contribution in [-0.4, -0.2) is 54.0 Å². The standard InChI is InChI=1S/C20H22F3N3O2/c1-28-18-15(6-4-9-24-18)14-25-10-5-11-26(13-12-25)19(27)16-7-2-3-8-17(16)20(21,22)23/h2-4,6-9H,5,10-14H2,1H3. The molecule has 0 saturated carbocycles. The number of aromatic nitrogens is 1. The molecule has 0 atom stereocenters. The van der Waals surface area contributed by atoms with Gasteiger partial charge in [-0.05, 0) is 24.6 Å². The van der Waals surface area contributed by atoms with Gasteiger partial charge in [-0.2, -0.15) is 13.2 Å². The average Bonchev–Trinajstić information content (AvgIpc) is 2.93. The van der Waals surface area contributed by atoms with Crippen molar-refractivity contribution >= 4 is 5.91 Å². The summed E-state index contributed by atoms with van der Waals surface area (Å²) in [6, 6.07) is 8.71. The van der Waals surface area contributed by atoms with Crippen LogP contribution in [0.15, 0.2) is 42.6 Å². The van der Waals surface area contributed by atoms with Crippen LogP contribution >= 0.6 is 0 Å². The summed E-state index contributed by atoms with van der Waals surface area (Å²) in [5, 5.41) is 0. The Hall–Kier alpha value is -2.61. The minimum Gasteiger partial charge on any atom is -0.481 e. The largest absolute Gasteiger partial charge is 0.481 e. The van der Waals surface area contributed by atoms with Crippen molar-refractivity contribution in [2.75, 3.05) is 33.3 Å². The number of amides is 1. The van der Waals surface area contributed by atoms with Crippen molar-refractivity contribution in [3.63, 3.8) is 0 Å². The smallest absolute Gasteiger partial charge is 0.417 e. The van der Waals surface area contributed by atoms with Crippen LogP contribution < -0.4 is 4.74 Å². The molecule has 3 rings (SSSR count). The first kappa shape index (κ1) is 20.1. The van der Waals surface area contributed by atoms with E-state index in [1.54, 1.807) is 13.3 Å².